The van der Waals surface area contributed by atoms with Gasteiger partial charge in [-0.2, -0.15) is 0 Å². The maximum absolute atomic E-state index is 11.5. The van der Waals surface area contributed by atoms with E-state index < -0.39 is 24.0 Å². The van der Waals surface area contributed by atoms with Gasteiger partial charge in [-0.3, -0.25) is 14.4 Å². The third-order valence-corrected chi connectivity index (χ3v) is 2.80. The molecule has 1 aliphatic rings. The lowest BCUT2D eigenvalue weighted by atomic mass is 10.2. The predicted molar refractivity (Wildman–Crippen MR) is 65.0 cm³/mol. The summed E-state index contributed by atoms with van der Waals surface area (Å²) in [7, 11) is 0. The molecule has 0 bridgehead atoms. The second-order valence-corrected chi connectivity index (χ2v) is 4.15. The molecule has 0 spiro atoms. The van der Waals surface area contributed by atoms with Crippen molar-refractivity contribution in [3.05, 3.63) is 29.8 Å². The van der Waals surface area contributed by atoms with Crippen LogP contribution in [0.15, 0.2) is 24.3 Å². The van der Waals surface area contributed by atoms with Crippen LogP contribution >= 0.6 is 0 Å². The fourth-order valence-electron chi connectivity index (χ4n) is 1.82. The minimum Gasteiger partial charge on any atom is -0.477 e. The van der Waals surface area contributed by atoms with Crippen molar-refractivity contribution in [3.8, 4) is 5.75 Å². The van der Waals surface area contributed by atoms with Crippen LogP contribution in [0.2, 0.25) is 0 Å². The van der Waals surface area contributed by atoms with Gasteiger partial charge in [-0.25, -0.2) is 9.69 Å². The van der Waals surface area contributed by atoms with Crippen molar-refractivity contribution in [3.63, 3.8) is 0 Å². The number of rotatable bonds is 5. The SMILES string of the molecule is O=Cc1ccc(OC(C(=O)O)N2C(=O)CCC2=O)cc1. The molecule has 1 unspecified atom stereocenters. The zero-order chi connectivity index (χ0) is 14.7. The highest BCUT2D eigenvalue weighted by molar-refractivity contribution is 6.04. The Balaban J connectivity index is 2.21. The molecule has 1 N–H and O–H groups in total. The summed E-state index contributed by atoms with van der Waals surface area (Å²) in [5.74, 6) is -2.44. The summed E-state index contributed by atoms with van der Waals surface area (Å²) in [6, 6.07) is 5.67. The lowest BCUT2D eigenvalue weighted by Crippen LogP contribution is -2.48. The van der Waals surface area contributed by atoms with E-state index in [1.54, 1.807) is 0 Å². The van der Waals surface area contributed by atoms with Crippen LogP contribution in [-0.4, -0.2) is 40.3 Å². The van der Waals surface area contributed by atoms with Crippen molar-refractivity contribution < 1.29 is 29.0 Å². The molecule has 1 aromatic rings. The zero-order valence-electron chi connectivity index (χ0n) is 10.3. The van der Waals surface area contributed by atoms with Gasteiger partial charge in [0.25, 0.3) is 6.23 Å². The van der Waals surface area contributed by atoms with E-state index in [0.717, 1.165) is 0 Å². The number of amides is 2. The van der Waals surface area contributed by atoms with E-state index in [4.69, 9.17) is 9.84 Å². The van der Waals surface area contributed by atoms with Crippen molar-refractivity contribution in [1.29, 1.82) is 0 Å². The van der Waals surface area contributed by atoms with E-state index in [1.165, 1.54) is 24.3 Å². The fourth-order valence-corrected chi connectivity index (χ4v) is 1.82. The van der Waals surface area contributed by atoms with Crippen LogP contribution in [0.1, 0.15) is 23.2 Å². The highest BCUT2D eigenvalue weighted by Gasteiger charge is 2.40. The number of nitrogens with zero attached hydrogens (tertiary/aromatic N) is 1. The first kappa shape index (κ1) is 13.7. The Hall–Kier alpha value is -2.70. The summed E-state index contributed by atoms with van der Waals surface area (Å²) in [4.78, 5) is 45.4. The van der Waals surface area contributed by atoms with Crippen LogP contribution < -0.4 is 4.74 Å². The van der Waals surface area contributed by atoms with E-state index >= 15 is 0 Å². The van der Waals surface area contributed by atoms with Gasteiger partial charge in [0.05, 0.1) is 0 Å². The van der Waals surface area contributed by atoms with Gasteiger partial charge in [-0.05, 0) is 24.3 Å². The van der Waals surface area contributed by atoms with Gasteiger partial charge in [0.1, 0.15) is 12.0 Å². The van der Waals surface area contributed by atoms with E-state index in [9.17, 15) is 19.2 Å². The first-order chi connectivity index (χ1) is 9.52. The normalized spacial score (nSPS) is 16.1. The number of carbonyl (C=O) groups excluding carboxylic acids is 3. The summed E-state index contributed by atoms with van der Waals surface area (Å²) in [5, 5.41) is 9.10. The lowest BCUT2D eigenvalue weighted by Gasteiger charge is -2.23. The van der Waals surface area contributed by atoms with Crippen molar-refractivity contribution >= 4 is 24.1 Å². The molecular formula is C13H11NO6. The Kier molecular flexibility index (Phi) is 3.79. The quantitative estimate of drug-likeness (QED) is 0.619. The van der Waals surface area contributed by atoms with Gasteiger partial charge in [0, 0.05) is 18.4 Å². The molecule has 1 heterocycles. The van der Waals surface area contributed by atoms with Crippen LogP contribution in [0.4, 0.5) is 0 Å². The molecule has 1 aliphatic heterocycles. The van der Waals surface area contributed by atoms with E-state index in [2.05, 4.69) is 0 Å². The van der Waals surface area contributed by atoms with Crippen LogP contribution in [0.25, 0.3) is 0 Å². The standard InChI is InChI=1S/C13H11NO6/c15-7-8-1-3-9(4-2-8)20-12(13(18)19)14-10(16)5-6-11(14)17/h1-4,7,12H,5-6H2,(H,18,19). The number of ether oxygens (including phenoxy) is 1. The monoisotopic (exact) mass is 277 g/mol. The molecule has 2 amide bonds. The molecule has 0 radical (unpaired) electrons. The van der Waals surface area contributed by atoms with Gasteiger partial charge in [-0.1, -0.05) is 0 Å². The van der Waals surface area contributed by atoms with E-state index in [1.807, 2.05) is 0 Å². The Morgan fingerprint density at radius 3 is 2.20 bits per heavy atom. The maximum Gasteiger partial charge on any atom is 0.367 e. The van der Waals surface area contributed by atoms with Crippen LogP contribution in [0, 0.1) is 0 Å². The number of hydrogen-bond acceptors (Lipinski definition) is 5. The van der Waals surface area contributed by atoms with Crippen molar-refractivity contribution in [1.82, 2.24) is 4.90 Å². The van der Waals surface area contributed by atoms with Gasteiger partial charge in [0.15, 0.2) is 0 Å². The van der Waals surface area contributed by atoms with Gasteiger partial charge >= 0.3 is 5.97 Å². The lowest BCUT2D eigenvalue weighted by molar-refractivity contribution is -0.165. The molecule has 0 saturated carbocycles. The van der Waals surface area contributed by atoms with Crippen LogP contribution in [-0.2, 0) is 14.4 Å². The zero-order valence-corrected chi connectivity index (χ0v) is 10.3. The summed E-state index contributed by atoms with van der Waals surface area (Å²) < 4.78 is 5.17. The summed E-state index contributed by atoms with van der Waals surface area (Å²) in [5.41, 5.74) is 0.401. The van der Waals surface area contributed by atoms with Crippen molar-refractivity contribution in [2.45, 2.75) is 19.1 Å². The number of carboxylic acids is 1. The molecule has 1 aromatic carbocycles. The average molecular weight is 277 g/mol. The van der Waals surface area contributed by atoms with Crippen molar-refractivity contribution in [2.24, 2.45) is 0 Å². The minimum atomic E-state index is -1.69. The molecule has 0 aliphatic carbocycles. The largest absolute Gasteiger partial charge is 0.477 e. The smallest absolute Gasteiger partial charge is 0.367 e. The topological polar surface area (TPSA) is 101 Å². The third kappa shape index (κ3) is 2.66. The molecule has 7 heteroatoms. The molecule has 1 fully saturated rings. The maximum atomic E-state index is 11.5. The second kappa shape index (κ2) is 5.52. The van der Waals surface area contributed by atoms with Crippen LogP contribution in [0.3, 0.4) is 0 Å². The second-order valence-electron chi connectivity index (χ2n) is 4.15. The number of aldehydes is 1. The Morgan fingerprint density at radius 2 is 1.75 bits per heavy atom. The Morgan fingerprint density at radius 1 is 1.20 bits per heavy atom. The summed E-state index contributed by atoms with van der Waals surface area (Å²) in [6.45, 7) is 0. The van der Waals surface area contributed by atoms with Gasteiger partial charge in [-0.15, -0.1) is 0 Å². The van der Waals surface area contributed by atoms with Gasteiger partial charge < -0.3 is 9.84 Å². The molecule has 1 saturated heterocycles. The summed E-state index contributed by atoms with van der Waals surface area (Å²) >= 11 is 0. The van der Waals surface area contributed by atoms with E-state index in [-0.39, 0.29) is 18.6 Å². The minimum absolute atomic E-state index is 0.0178. The number of hydrogen-bond donors (Lipinski definition) is 1. The van der Waals surface area contributed by atoms with E-state index in [0.29, 0.717) is 16.7 Å². The number of imide groups is 1. The third-order valence-electron chi connectivity index (χ3n) is 2.80. The number of aliphatic carboxylic acids is 1. The number of likely N-dealkylation sites (tertiary alicyclic amines) is 1. The Labute approximate surface area is 113 Å². The first-order valence-electron chi connectivity index (χ1n) is 5.82. The van der Waals surface area contributed by atoms with Crippen molar-refractivity contribution in [2.75, 3.05) is 0 Å². The Bertz CT molecular complexity index is 549. The number of carboxylic acid groups (broad SMARTS) is 1. The van der Waals surface area contributed by atoms with Crippen LogP contribution in [0.5, 0.6) is 5.75 Å². The molecule has 0 aromatic heterocycles. The number of carbonyl (C=O) groups is 4. The average Bonchev–Trinajstić information content (AvgIpc) is 2.76. The molecule has 20 heavy (non-hydrogen) atoms. The molecule has 104 valence electrons. The highest BCUT2D eigenvalue weighted by Crippen LogP contribution is 2.20. The highest BCUT2D eigenvalue weighted by atomic mass is 16.5. The number of benzene rings is 1. The predicted octanol–water partition coefficient (Wildman–Crippen LogP) is 0.438. The molecule has 1 atom stereocenters. The summed E-state index contributed by atoms with van der Waals surface area (Å²) in [6.07, 6.45) is -1.10. The molecule has 7 nitrogen and oxygen atoms in total. The molecule has 2 rings (SSSR count). The van der Waals surface area contributed by atoms with Gasteiger partial charge in [0.2, 0.25) is 11.8 Å². The fraction of sp³-hybridized carbons (Fsp3) is 0.231. The molecular weight excluding hydrogens is 266 g/mol. The first-order valence-corrected chi connectivity index (χ1v) is 5.82.